The number of hydrogen-bond donors (Lipinski definition) is 1. The molecule has 0 aliphatic rings. The van der Waals surface area contributed by atoms with Gasteiger partial charge in [0.25, 0.3) is 5.76 Å². The first-order valence-corrected chi connectivity index (χ1v) is 10.1. The van der Waals surface area contributed by atoms with E-state index in [1.54, 1.807) is 18.2 Å². The van der Waals surface area contributed by atoms with Gasteiger partial charge in [0.2, 0.25) is 5.16 Å². The highest BCUT2D eigenvalue weighted by Crippen LogP contribution is 2.35. The summed E-state index contributed by atoms with van der Waals surface area (Å²) in [5.74, 6) is 4.90. The van der Waals surface area contributed by atoms with Crippen LogP contribution in [0.25, 0.3) is 0 Å². The Morgan fingerprint density at radius 3 is 2.59 bits per heavy atom. The minimum Gasteiger partial charge on any atom is -0.496 e. The van der Waals surface area contributed by atoms with Gasteiger partial charge in [0.1, 0.15) is 23.9 Å². The molecule has 3 aromatic rings. The Labute approximate surface area is 173 Å². The zero-order valence-electron chi connectivity index (χ0n) is 15.2. The molecule has 2 aromatic carbocycles. The molecule has 0 aliphatic heterocycles. The quantitative estimate of drug-likeness (QED) is 0.391. The summed E-state index contributed by atoms with van der Waals surface area (Å²) in [4.78, 5) is 0.374. The number of thioether (sulfide) groups is 2. The minimum atomic E-state index is -2.52. The number of nitrogens with two attached hydrogens (primary N) is 1. The second-order valence-electron chi connectivity index (χ2n) is 5.66. The van der Waals surface area contributed by atoms with Crippen LogP contribution in [0, 0.1) is 5.82 Å². The summed E-state index contributed by atoms with van der Waals surface area (Å²) in [5, 5.41) is 8.50. The van der Waals surface area contributed by atoms with Gasteiger partial charge >= 0.3 is 0 Å². The van der Waals surface area contributed by atoms with E-state index in [2.05, 4.69) is 10.2 Å². The average Bonchev–Trinajstić information content (AvgIpc) is 3.06. The predicted octanol–water partition coefficient (Wildman–Crippen LogP) is 4.33. The first-order chi connectivity index (χ1) is 14.0. The average molecular weight is 442 g/mol. The highest BCUT2D eigenvalue weighted by molar-refractivity contribution is 7.99. The molecule has 6 nitrogen and oxygen atoms in total. The number of aromatic nitrogens is 3. The molecule has 29 heavy (non-hydrogen) atoms. The van der Waals surface area contributed by atoms with Crippen LogP contribution < -0.4 is 15.3 Å². The van der Waals surface area contributed by atoms with E-state index >= 15 is 0 Å². The molecule has 0 aliphatic carbocycles. The van der Waals surface area contributed by atoms with Crippen molar-refractivity contribution in [3.05, 3.63) is 59.7 Å². The van der Waals surface area contributed by atoms with Gasteiger partial charge in [-0.1, -0.05) is 29.6 Å². The van der Waals surface area contributed by atoms with Gasteiger partial charge in [-0.25, -0.2) is 9.07 Å². The molecular formula is C18H17F3N4O2S2. The SMILES string of the molecule is COc1cc(CSc2nnc(COc3ccc(F)cc3)n2N)ccc1SC(F)F. The van der Waals surface area contributed by atoms with Gasteiger partial charge < -0.3 is 15.3 Å². The van der Waals surface area contributed by atoms with Crippen LogP contribution in [0.4, 0.5) is 13.2 Å². The van der Waals surface area contributed by atoms with E-state index in [0.717, 1.165) is 5.56 Å². The number of alkyl halides is 2. The lowest BCUT2D eigenvalue weighted by Gasteiger charge is -2.10. The zero-order valence-corrected chi connectivity index (χ0v) is 16.9. The summed E-state index contributed by atoms with van der Waals surface area (Å²) in [6, 6.07) is 10.6. The number of nitrogen functional groups attached to an aromatic ring is 1. The van der Waals surface area contributed by atoms with Crippen molar-refractivity contribution < 1.29 is 22.6 Å². The molecule has 0 radical (unpaired) electrons. The monoisotopic (exact) mass is 442 g/mol. The third kappa shape index (κ3) is 5.73. The second kappa shape index (κ2) is 9.79. The second-order valence-corrected chi connectivity index (χ2v) is 7.64. The van der Waals surface area contributed by atoms with Gasteiger partial charge in [-0.15, -0.1) is 10.2 Å². The van der Waals surface area contributed by atoms with E-state index < -0.39 is 5.76 Å². The first-order valence-electron chi connectivity index (χ1n) is 8.28. The summed E-state index contributed by atoms with van der Waals surface area (Å²) >= 11 is 1.77. The van der Waals surface area contributed by atoms with Crippen molar-refractivity contribution in [2.75, 3.05) is 13.0 Å². The van der Waals surface area contributed by atoms with Gasteiger partial charge in [0.15, 0.2) is 5.82 Å². The lowest BCUT2D eigenvalue weighted by atomic mass is 10.2. The molecule has 0 saturated carbocycles. The number of halogens is 3. The fourth-order valence-electron chi connectivity index (χ4n) is 2.33. The van der Waals surface area contributed by atoms with E-state index in [1.807, 2.05) is 0 Å². The maximum atomic E-state index is 12.9. The predicted molar refractivity (Wildman–Crippen MR) is 105 cm³/mol. The Morgan fingerprint density at radius 1 is 1.14 bits per heavy atom. The van der Waals surface area contributed by atoms with E-state index in [4.69, 9.17) is 15.3 Å². The molecule has 0 saturated heterocycles. The van der Waals surface area contributed by atoms with Crippen molar-refractivity contribution in [1.29, 1.82) is 0 Å². The lowest BCUT2D eigenvalue weighted by molar-refractivity contribution is 0.251. The lowest BCUT2D eigenvalue weighted by Crippen LogP contribution is -2.15. The molecule has 0 unspecified atom stereocenters. The molecule has 0 amide bonds. The molecular weight excluding hydrogens is 425 g/mol. The number of nitrogens with zero attached hydrogens (tertiary/aromatic N) is 3. The van der Waals surface area contributed by atoms with Crippen molar-refractivity contribution >= 4 is 23.5 Å². The Hall–Kier alpha value is -2.53. The number of benzene rings is 2. The van der Waals surface area contributed by atoms with Crippen molar-refractivity contribution in [2.45, 2.75) is 28.2 Å². The topological polar surface area (TPSA) is 75.2 Å². The van der Waals surface area contributed by atoms with E-state index in [1.165, 1.54) is 47.8 Å². The highest BCUT2D eigenvalue weighted by atomic mass is 32.2. The fraction of sp³-hybridized carbons (Fsp3) is 0.222. The summed E-state index contributed by atoms with van der Waals surface area (Å²) < 4.78 is 50.1. The maximum Gasteiger partial charge on any atom is 0.289 e. The summed E-state index contributed by atoms with van der Waals surface area (Å²) in [6.07, 6.45) is 0. The van der Waals surface area contributed by atoms with Crippen LogP contribution >= 0.6 is 23.5 Å². The van der Waals surface area contributed by atoms with Crippen LogP contribution in [0.2, 0.25) is 0 Å². The van der Waals surface area contributed by atoms with Gasteiger partial charge in [-0.3, -0.25) is 0 Å². The Balaban J connectivity index is 1.60. The van der Waals surface area contributed by atoms with E-state index in [0.29, 0.717) is 44.9 Å². The number of methoxy groups -OCH3 is 1. The Morgan fingerprint density at radius 2 is 1.90 bits per heavy atom. The van der Waals surface area contributed by atoms with Crippen LogP contribution in [0.15, 0.2) is 52.5 Å². The molecule has 2 N–H and O–H groups in total. The van der Waals surface area contributed by atoms with Crippen molar-refractivity contribution in [2.24, 2.45) is 0 Å². The summed E-state index contributed by atoms with van der Waals surface area (Å²) in [7, 11) is 1.44. The Kier molecular flexibility index (Phi) is 7.15. The molecule has 1 heterocycles. The third-order valence-electron chi connectivity index (χ3n) is 3.73. The van der Waals surface area contributed by atoms with E-state index in [9.17, 15) is 13.2 Å². The molecule has 1 aromatic heterocycles. The normalized spacial score (nSPS) is 11.1. The van der Waals surface area contributed by atoms with Crippen molar-refractivity contribution in [1.82, 2.24) is 14.9 Å². The first kappa shape index (κ1) is 21.2. The van der Waals surface area contributed by atoms with Gasteiger partial charge in [0.05, 0.1) is 12.0 Å². The number of rotatable bonds is 9. The number of hydrogen-bond acceptors (Lipinski definition) is 7. The highest BCUT2D eigenvalue weighted by Gasteiger charge is 2.14. The largest absolute Gasteiger partial charge is 0.496 e. The third-order valence-corrected chi connectivity index (χ3v) is 5.51. The zero-order chi connectivity index (χ0) is 20.8. The smallest absolute Gasteiger partial charge is 0.289 e. The molecule has 3 rings (SSSR count). The maximum absolute atomic E-state index is 12.9. The standard InChI is InChI=1S/C18H17F3N4O2S2/c1-26-14-8-11(2-7-15(14)29-17(20)21)10-28-18-24-23-16(25(18)22)9-27-13-5-3-12(19)4-6-13/h2-8,17H,9-10,22H2,1H3. The number of ether oxygens (including phenoxy) is 2. The molecule has 0 bridgehead atoms. The molecule has 11 heteroatoms. The summed E-state index contributed by atoms with van der Waals surface area (Å²) in [5.41, 5.74) is 0.859. The van der Waals surface area contributed by atoms with Gasteiger partial charge in [-0.05, 0) is 42.0 Å². The molecule has 154 valence electrons. The Bertz CT molecular complexity index is 955. The minimum absolute atomic E-state index is 0.0725. The van der Waals surface area contributed by atoms with Crippen LogP contribution in [0.1, 0.15) is 11.4 Å². The summed E-state index contributed by atoms with van der Waals surface area (Å²) in [6.45, 7) is 0.0725. The van der Waals surface area contributed by atoms with Gasteiger partial charge in [0, 0.05) is 5.75 Å². The van der Waals surface area contributed by atoms with Gasteiger partial charge in [-0.2, -0.15) is 8.78 Å². The van der Waals surface area contributed by atoms with Crippen LogP contribution in [0.3, 0.4) is 0 Å². The van der Waals surface area contributed by atoms with E-state index in [-0.39, 0.29) is 12.4 Å². The van der Waals surface area contributed by atoms with Crippen molar-refractivity contribution in [3.63, 3.8) is 0 Å². The van der Waals surface area contributed by atoms with Crippen LogP contribution in [-0.4, -0.2) is 27.7 Å². The van der Waals surface area contributed by atoms with Crippen molar-refractivity contribution in [3.8, 4) is 11.5 Å². The molecule has 0 fully saturated rings. The van der Waals surface area contributed by atoms with Crippen LogP contribution in [0.5, 0.6) is 11.5 Å². The molecule has 0 spiro atoms. The molecule has 0 atom stereocenters. The fourth-order valence-corrected chi connectivity index (χ4v) is 3.74. The van der Waals surface area contributed by atoms with Crippen LogP contribution in [-0.2, 0) is 12.4 Å².